The zero-order chi connectivity index (χ0) is 32.9. The van der Waals surface area contributed by atoms with Crippen molar-refractivity contribution in [2.45, 2.75) is 0 Å². The second kappa shape index (κ2) is 10.1. The molecule has 0 unspecified atom stereocenters. The molecule has 2 aromatic heterocycles. The quantitative estimate of drug-likeness (QED) is 0.191. The van der Waals surface area contributed by atoms with E-state index in [4.69, 9.17) is 0 Å². The first-order chi connectivity index (χ1) is 24.8. The molecule has 0 saturated heterocycles. The van der Waals surface area contributed by atoms with Crippen LogP contribution in [0.2, 0.25) is 0 Å². The lowest BCUT2D eigenvalue weighted by Crippen LogP contribution is -1.94. The van der Waals surface area contributed by atoms with Crippen molar-refractivity contribution < 1.29 is 0 Å². The number of rotatable bonds is 3. The summed E-state index contributed by atoms with van der Waals surface area (Å²) in [5.41, 5.74) is 15.0. The smallest absolute Gasteiger partial charge is 0.0998 e. The normalized spacial score (nSPS) is 12.0. The Morgan fingerprint density at radius 3 is 1.60 bits per heavy atom. The molecule has 0 amide bonds. The molecule has 0 atom stereocenters. The molecular weight excluding hydrogens is 607 g/mol. The minimum Gasteiger partial charge on any atom is -0.309 e. The maximum absolute atomic E-state index is 9.80. The highest BCUT2D eigenvalue weighted by Gasteiger charge is 2.24. The summed E-state index contributed by atoms with van der Waals surface area (Å²) in [5.74, 6) is 0. The van der Waals surface area contributed by atoms with Gasteiger partial charge in [0.1, 0.15) is 0 Å². The number of fused-ring (bicyclic) bond motifs is 9. The molecule has 230 valence electrons. The molecule has 11 rings (SSSR count). The second-order valence-corrected chi connectivity index (χ2v) is 13.2. The van der Waals surface area contributed by atoms with Gasteiger partial charge in [0.15, 0.2) is 0 Å². The van der Waals surface area contributed by atoms with Crippen molar-refractivity contribution in [3.8, 4) is 50.8 Å². The third-order valence-corrected chi connectivity index (χ3v) is 10.7. The van der Waals surface area contributed by atoms with Crippen LogP contribution in [0.1, 0.15) is 5.56 Å². The summed E-state index contributed by atoms with van der Waals surface area (Å²) in [6.07, 6.45) is 0. The van der Waals surface area contributed by atoms with Gasteiger partial charge in [-0.25, -0.2) is 0 Å². The molecule has 3 nitrogen and oxygen atoms in total. The van der Waals surface area contributed by atoms with Gasteiger partial charge in [0, 0.05) is 38.3 Å². The van der Waals surface area contributed by atoms with E-state index in [-0.39, 0.29) is 0 Å². The Bertz CT molecular complexity index is 3100. The van der Waals surface area contributed by atoms with Crippen molar-refractivity contribution in [3.05, 3.63) is 169 Å². The molecule has 0 N–H and O–H groups in total. The molecule has 8 aromatic carbocycles. The summed E-state index contributed by atoms with van der Waals surface area (Å²) < 4.78 is 4.76. The van der Waals surface area contributed by atoms with E-state index in [0.29, 0.717) is 0 Å². The van der Waals surface area contributed by atoms with Crippen LogP contribution in [0.25, 0.3) is 99.1 Å². The molecule has 50 heavy (non-hydrogen) atoms. The number of benzene rings is 8. The Labute approximate surface area is 288 Å². The molecule has 0 fully saturated rings. The van der Waals surface area contributed by atoms with Crippen LogP contribution in [0, 0.1) is 11.3 Å². The predicted octanol–water partition coefficient (Wildman–Crippen LogP) is 12.2. The number of hydrogen-bond donors (Lipinski definition) is 0. The summed E-state index contributed by atoms with van der Waals surface area (Å²) in [6, 6.07) is 61.4. The van der Waals surface area contributed by atoms with E-state index in [1.54, 1.807) is 0 Å². The predicted molar refractivity (Wildman–Crippen MR) is 207 cm³/mol. The van der Waals surface area contributed by atoms with Gasteiger partial charge in [-0.1, -0.05) is 97.1 Å². The number of para-hydroxylation sites is 3. The van der Waals surface area contributed by atoms with Crippen LogP contribution < -0.4 is 0 Å². The van der Waals surface area contributed by atoms with Gasteiger partial charge in [-0.15, -0.1) is 0 Å². The lowest BCUT2D eigenvalue weighted by Gasteiger charge is -2.11. The molecule has 0 spiro atoms. The van der Waals surface area contributed by atoms with Gasteiger partial charge in [0.05, 0.1) is 33.7 Å². The monoisotopic (exact) mass is 633 g/mol. The van der Waals surface area contributed by atoms with Crippen LogP contribution in [0.3, 0.4) is 0 Å². The van der Waals surface area contributed by atoms with E-state index in [1.807, 2.05) is 6.07 Å². The standard InChI is InChI=1S/C47H27N3/c48-28-31-17-21-39-35-22-20-33(27-40(35)38-14-8-13-34(31)47(38)39)50-44-16-7-5-12-37(44)42-26-30(19-24-46(42)50)29-18-23-45-41(25-29)36-11-4-6-15-43(36)49(45)32-9-2-1-3-10-32/h1-27H. The van der Waals surface area contributed by atoms with Gasteiger partial charge in [-0.05, 0) is 105 Å². The van der Waals surface area contributed by atoms with E-state index < -0.39 is 0 Å². The first kappa shape index (κ1) is 27.1. The van der Waals surface area contributed by atoms with Crippen LogP contribution in [-0.2, 0) is 0 Å². The first-order valence-corrected chi connectivity index (χ1v) is 17.0. The molecule has 3 heteroatoms. The van der Waals surface area contributed by atoms with Crippen LogP contribution in [0.5, 0.6) is 0 Å². The summed E-state index contributed by atoms with van der Waals surface area (Å²) in [5, 5.41) is 17.0. The lowest BCUT2D eigenvalue weighted by atomic mass is 9.99. The highest BCUT2D eigenvalue weighted by atomic mass is 15.0. The third kappa shape index (κ3) is 3.62. The largest absolute Gasteiger partial charge is 0.309 e. The van der Waals surface area contributed by atoms with Gasteiger partial charge in [-0.3, -0.25) is 0 Å². The Balaban J connectivity index is 1.09. The Morgan fingerprint density at radius 1 is 0.360 bits per heavy atom. The van der Waals surface area contributed by atoms with Gasteiger partial charge in [0.25, 0.3) is 0 Å². The van der Waals surface area contributed by atoms with Crippen molar-refractivity contribution >= 4 is 54.4 Å². The summed E-state index contributed by atoms with van der Waals surface area (Å²) in [6.45, 7) is 0. The Kier molecular flexibility index (Phi) is 5.45. The number of hydrogen-bond acceptors (Lipinski definition) is 1. The van der Waals surface area contributed by atoms with Crippen molar-refractivity contribution in [3.63, 3.8) is 0 Å². The molecule has 0 bridgehead atoms. The topological polar surface area (TPSA) is 33.6 Å². The zero-order valence-corrected chi connectivity index (χ0v) is 26.9. The summed E-state index contributed by atoms with van der Waals surface area (Å²) in [4.78, 5) is 0. The van der Waals surface area contributed by atoms with Gasteiger partial charge < -0.3 is 9.13 Å². The zero-order valence-electron chi connectivity index (χ0n) is 26.9. The maximum Gasteiger partial charge on any atom is 0.0998 e. The SMILES string of the molecule is N#Cc1ccc2c3c(cccc13)-c1cc(-n3c4ccccc4c4cc(-c5ccc6c(c5)c5ccccc5n6-c5ccccc5)ccc43)ccc1-2. The van der Waals surface area contributed by atoms with E-state index in [2.05, 4.69) is 173 Å². The molecule has 0 aliphatic heterocycles. The number of aromatic nitrogens is 2. The second-order valence-electron chi connectivity index (χ2n) is 13.2. The lowest BCUT2D eigenvalue weighted by molar-refractivity contribution is 1.18. The summed E-state index contributed by atoms with van der Waals surface area (Å²) >= 11 is 0. The van der Waals surface area contributed by atoms with Gasteiger partial charge in [-0.2, -0.15) is 5.26 Å². The molecule has 0 saturated carbocycles. The third-order valence-electron chi connectivity index (χ3n) is 10.7. The van der Waals surface area contributed by atoms with Crippen LogP contribution in [0.15, 0.2) is 164 Å². The molecule has 2 heterocycles. The average molecular weight is 634 g/mol. The molecule has 10 aromatic rings. The van der Waals surface area contributed by atoms with Gasteiger partial charge >= 0.3 is 0 Å². The highest BCUT2D eigenvalue weighted by Crippen LogP contribution is 2.49. The molecule has 1 aliphatic rings. The van der Waals surface area contributed by atoms with Crippen molar-refractivity contribution in [2.24, 2.45) is 0 Å². The number of nitrogens with zero attached hydrogens (tertiary/aromatic N) is 3. The van der Waals surface area contributed by atoms with Crippen molar-refractivity contribution in [1.82, 2.24) is 9.13 Å². The highest BCUT2D eigenvalue weighted by molar-refractivity contribution is 6.17. The minimum absolute atomic E-state index is 0.720. The summed E-state index contributed by atoms with van der Waals surface area (Å²) in [7, 11) is 0. The van der Waals surface area contributed by atoms with Gasteiger partial charge in [0.2, 0.25) is 0 Å². The molecular formula is C47H27N3. The van der Waals surface area contributed by atoms with E-state index in [1.165, 1.54) is 88.1 Å². The fraction of sp³-hybridized carbons (Fsp3) is 0. The maximum atomic E-state index is 9.80. The minimum atomic E-state index is 0.720. The van der Waals surface area contributed by atoms with Crippen LogP contribution in [-0.4, -0.2) is 9.13 Å². The Hall–Kier alpha value is -6.89. The van der Waals surface area contributed by atoms with E-state index in [9.17, 15) is 5.26 Å². The van der Waals surface area contributed by atoms with E-state index >= 15 is 0 Å². The molecule has 1 aliphatic carbocycles. The van der Waals surface area contributed by atoms with Crippen LogP contribution >= 0.6 is 0 Å². The fourth-order valence-electron chi connectivity index (χ4n) is 8.52. The van der Waals surface area contributed by atoms with Crippen molar-refractivity contribution in [2.75, 3.05) is 0 Å². The molecule has 0 radical (unpaired) electrons. The fourth-order valence-corrected chi connectivity index (χ4v) is 8.52. The first-order valence-electron chi connectivity index (χ1n) is 17.0. The van der Waals surface area contributed by atoms with E-state index in [0.717, 1.165) is 16.6 Å². The average Bonchev–Trinajstić information content (AvgIpc) is 3.81. The van der Waals surface area contributed by atoms with Crippen LogP contribution in [0.4, 0.5) is 0 Å². The number of nitriles is 1. The Morgan fingerprint density at radius 2 is 0.920 bits per heavy atom. The van der Waals surface area contributed by atoms with Crippen molar-refractivity contribution in [1.29, 1.82) is 5.26 Å².